The normalized spacial score (nSPS) is 25.6. The van der Waals surface area contributed by atoms with Crippen LogP contribution in [-0.2, 0) is 9.53 Å². The van der Waals surface area contributed by atoms with E-state index >= 15 is 0 Å². The van der Waals surface area contributed by atoms with Crippen LogP contribution in [0.15, 0.2) is 0 Å². The van der Waals surface area contributed by atoms with Gasteiger partial charge in [0.25, 0.3) is 0 Å². The van der Waals surface area contributed by atoms with Gasteiger partial charge >= 0.3 is 5.97 Å². The third kappa shape index (κ3) is 3.98. The number of nitrogens with zero attached hydrogens (tertiary/aromatic N) is 1. The van der Waals surface area contributed by atoms with Crippen molar-refractivity contribution in [3.05, 3.63) is 0 Å². The van der Waals surface area contributed by atoms with E-state index in [4.69, 9.17) is 4.74 Å². The first-order valence-corrected chi connectivity index (χ1v) is 7.29. The van der Waals surface area contributed by atoms with Crippen LogP contribution in [0.25, 0.3) is 0 Å². The van der Waals surface area contributed by atoms with Crippen molar-refractivity contribution < 1.29 is 9.53 Å². The molecule has 1 saturated heterocycles. The molecule has 0 bridgehead atoms. The Hall–Kier alpha value is -0.570. The number of methoxy groups -OCH3 is 1. The van der Waals surface area contributed by atoms with Crippen molar-refractivity contribution in [3.63, 3.8) is 0 Å². The van der Waals surface area contributed by atoms with Crippen LogP contribution in [0.3, 0.4) is 0 Å². The third-order valence-electron chi connectivity index (χ3n) is 4.62. The number of carbonyl (C=O) groups excluding carboxylic acids is 1. The maximum absolute atomic E-state index is 11.6. The maximum Gasteiger partial charge on any atom is 0.309 e. The Kier molecular flexibility index (Phi) is 6.13. The Bertz CT molecular complexity index is 265. The van der Waals surface area contributed by atoms with Crippen molar-refractivity contribution in [1.29, 1.82) is 0 Å². The zero-order valence-electron chi connectivity index (χ0n) is 12.6. The Morgan fingerprint density at radius 1 is 1.17 bits per heavy atom. The van der Waals surface area contributed by atoms with Gasteiger partial charge in [-0.2, -0.15) is 0 Å². The van der Waals surface area contributed by atoms with Crippen LogP contribution in [0.5, 0.6) is 0 Å². The Morgan fingerprint density at radius 3 is 2.39 bits per heavy atom. The van der Waals surface area contributed by atoms with E-state index in [1.54, 1.807) is 0 Å². The van der Waals surface area contributed by atoms with E-state index in [0.717, 1.165) is 24.9 Å². The van der Waals surface area contributed by atoms with Gasteiger partial charge in [-0.05, 0) is 51.1 Å². The number of esters is 1. The molecule has 1 rings (SSSR count). The average Bonchev–Trinajstić information content (AvgIpc) is 2.61. The highest BCUT2D eigenvalue weighted by Crippen LogP contribution is 2.26. The number of hydrogen-bond donors (Lipinski definition) is 0. The minimum absolute atomic E-state index is 0.0365. The van der Waals surface area contributed by atoms with Crippen LogP contribution < -0.4 is 0 Å². The van der Waals surface area contributed by atoms with Gasteiger partial charge in [-0.25, -0.2) is 0 Å². The highest BCUT2D eigenvalue weighted by Gasteiger charge is 2.28. The van der Waals surface area contributed by atoms with Gasteiger partial charge in [0, 0.05) is 6.04 Å². The SMILES string of the molecule is COC(=O)C(C)C(C)N1CCCC(C(C)C)CC1. The van der Waals surface area contributed by atoms with Gasteiger partial charge in [-0.1, -0.05) is 20.8 Å². The number of likely N-dealkylation sites (tertiary alicyclic amines) is 1. The van der Waals surface area contributed by atoms with E-state index in [0.29, 0.717) is 0 Å². The molecule has 0 saturated carbocycles. The van der Waals surface area contributed by atoms with E-state index in [1.165, 1.54) is 26.4 Å². The predicted molar refractivity (Wildman–Crippen MR) is 74.4 cm³/mol. The van der Waals surface area contributed by atoms with E-state index in [2.05, 4.69) is 25.7 Å². The summed E-state index contributed by atoms with van der Waals surface area (Å²) in [6.07, 6.45) is 3.84. The molecule has 1 aliphatic rings. The highest BCUT2D eigenvalue weighted by atomic mass is 16.5. The van der Waals surface area contributed by atoms with Crippen LogP contribution in [0.2, 0.25) is 0 Å². The number of ether oxygens (including phenoxy) is 1. The molecule has 0 N–H and O–H groups in total. The van der Waals surface area contributed by atoms with Gasteiger partial charge < -0.3 is 4.74 Å². The molecular weight excluding hydrogens is 226 g/mol. The molecule has 0 amide bonds. The zero-order valence-corrected chi connectivity index (χ0v) is 12.6. The summed E-state index contributed by atoms with van der Waals surface area (Å²) in [5.41, 5.74) is 0. The fourth-order valence-electron chi connectivity index (χ4n) is 2.92. The smallest absolute Gasteiger partial charge is 0.309 e. The van der Waals surface area contributed by atoms with Crippen LogP contribution in [0, 0.1) is 17.8 Å². The van der Waals surface area contributed by atoms with Gasteiger partial charge in [0.05, 0.1) is 13.0 Å². The summed E-state index contributed by atoms with van der Waals surface area (Å²) in [5, 5.41) is 0. The summed E-state index contributed by atoms with van der Waals surface area (Å²) < 4.78 is 4.85. The molecule has 0 radical (unpaired) electrons. The molecule has 0 aromatic carbocycles. The molecule has 0 aromatic rings. The fourth-order valence-corrected chi connectivity index (χ4v) is 2.92. The zero-order chi connectivity index (χ0) is 13.7. The highest BCUT2D eigenvalue weighted by molar-refractivity contribution is 5.72. The summed E-state index contributed by atoms with van der Waals surface area (Å²) in [7, 11) is 1.47. The topological polar surface area (TPSA) is 29.5 Å². The molecule has 106 valence electrons. The van der Waals surface area contributed by atoms with Crippen LogP contribution in [0.1, 0.15) is 47.0 Å². The molecule has 3 heteroatoms. The molecule has 1 heterocycles. The van der Waals surface area contributed by atoms with E-state index in [-0.39, 0.29) is 17.9 Å². The first-order valence-electron chi connectivity index (χ1n) is 7.29. The molecule has 3 atom stereocenters. The first kappa shape index (κ1) is 15.5. The molecule has 0 spiro atoms. The second-order valence-corrected chi connectivity index (χ2v) is 6.02. The molecule has 3 nitrogen and oxygen atoms in total. The number of rotatable bonds is 4. The summed E-state index contributed by atoms with van der Waals surface area (Å²) in [5.74, 6) is 1.49. The van der Waals surface area contributed by atoms with Gasteiger partial charge in [-0.3, -0.25) is 9.69 Å². The van der Waals surface area contributed by atoms with Crippen molar-refractivity contribution in [3.8, 4) is 0 Å². The fraction of sp³-hybridized carbons (Fsp3) is 0.933. The van der Waals surface area contributed by atoms with Crippen molar-refractivity contribution in [2.75, 3.05) is 20.2 Å². The Morgan fingerprint density at radius 2 is 1.83 bits per heavy atom. The van der Waals surface area contributed by atoms with Gasteiger partial charge in [-0.15, -0.1) is 0 Å². The van der Waals surface area contributed by atoms with Crippen LogP contribution in [-0.4, -0.2) is 37.1 Å². The van der Waals surface area contributed by atoms with Gasteiger partial charge in [0.15, 0.2) is 0 Å². The lowest BCUT2D eigenvalue weighted by Gasteiger charge is -2.31. The lowest BCUT2D eigenvalue weighted by molar-refractivity contribution is -0.147. The molecule has 3 unspecified atom stereocenters. The van der Waals surface area contributed by atoms with Gasteiger partial charge in [0.1, 0.15) is 0 Å². The lowest BCUT2D eigenvalue weighted by Crippen LogP contribution is -2.41. The van der Waals surface area contributed by atoms with Crippen molar-refractivity contribution >= 4 is 5.97 Å². The van der Waals surface area contributed by atoms with E-state index in [9.17, 15) is 4.79 Å². The lowest BCUT2D eigenvalue weighted by atomic mass is 9.89. The van der Waals surface area contributed by atoms with E-state index in [1.807, 2.05) is 6.92 Å². The predicted octanol–water partition coefficient (Wildman–Crippen LogP) is 2.94. The molecule has 1 aliphatic heterocycles. The van der Waals surface area contributed by atoms with E-state index < -0.39 is 0 Å². The Labute approximate surface area is 112 Å². The standard InChI is InChI=1S/C15H29NO2/c1-11(2)14-7-6-9-16(10-8-14)13(4)12(3)15(17)18-5/h11-14H,6-10H2,1-5H3. The molecule has 18 heavy (non-hydrogen) atoms. The largest absolute Gasteiger partial charge is 0.469 e. The number of carbonyl (C=O) groups is 1. The second-order valence-electron chi connectivity index (χ2n) is 6.02. The maximum atomic E-state index is 11.6. The third-order valence-corrected chi connectivity index (χ3v) is 4.62. The first-order chi connectivity index (χ1) is 8.47. The minimum Gasteiger partial charge on any atom is -0.469 e. The summed E-state index contributed by atoms with van der Waals surface area (Å²) in [4.78, 5) is 14.1. The van der Waals surface area contributed by atoms with Crippen molar-refractivity contribution in [2.24, 2.45) is 17.8 Å². The summed E-state index contributed by atoms with van der Waals surface area (Å²) in [6.45, 7) is 11.0. The molecule has 0 aromatic heterocycles. The van der Waals surface area contributed by atoms with Crippen molar-refractivity contribution in [2.45, 2.75) is 53.0 Å². The van der Waals surface area contributed by atoms with Gasteiger partial charge in [0.2, 0.25) is 0 Å². The quantitative estimate of drug-likeness (QED) is 0.723. The van der Waals surface area contributed by atoms with Crippen LogP contribution >= 0.6 is 0 Å². The monoisotopic (exact) mass is 255 g/mol. The second kappa shape index (κ2) is 7.13. The summed E-state index contributed by atoms with van der Waals surface area (Å²) in [6, 6.07) is 0.281. The molecule has 1 fully saturated rings. The molecule has 0 aliphatic carbocycles. The summed E-state index contributed by atoms with van der Waals surface area (Å²) >= 11 is 0. The average molecular weight is 255 g/mol. The number of hydrogen-bond acceptors (Lipinski definition) is 3. The minimum atomic E-state index is -0.0906. The van der Waals surface area contributed by atoms with Crippen molar-refractivity contribution in [1.82, 2.24) is 4.90 Å². The molecular formula is C15H29NO2. The van der Waals surface area contributed by atoms with Crippen LogP contribution in [0.4, 0.5) is 0 Å². The Balaban J connectivity index is 2.54.